The molecule has 11 nitrogen and oxygen atoms in total. The van der Waals surface area contributed by atoms with Gasteiger partial charge in [0, 0.05) is 64.0 Å². The molecule has 3 aliphatic heterocycles. The maximum absolute atomic E-state index is 10.3. The summed E-state index contributed by atoms with van der Waals surface area (Å²) in [6, 6.07) is 5.64. The first-order chi connectivity index (χ1) is 19.9. The molecule has 3 aliphatic rings. The zero-order valence-electron chi connectivity index (χ0n) is 24.4. The predicted molar refractivity (Wildman–Crippen MR) is 158 cm³/mol. The number of phenolic OH excluding ortho intramolecular Hbond substituents is 1. The summed E-state index contributed by atoms with van der Waals surface area (Å²) in [4.78, 5) is 18.7. The van der Waals surface area contributed by atoms with Gasteiger partial charge in [-0.15, -0.1) is 0 Å². The molecular formula is C30H44N6O5. The number of nitrogens with zero attached hydrogens (tertiary/aromatic N) is 6. The molecule has 0 spiro atoms. The second kappa shape index (κ2) is 13.7. The third-order valence-corrected chi connectivity index (χ3v) is 7.82. The number of fused-ring (bicyclic) bond motifs is 1. The van der Waals surface area contributed by atoms with Crippen molar-refractivity contribution in [2.24, 2.45) is 0 Å². The van der Waals surface area contributed by atoms with Gasteiger partial charge in [-0.3, -0.25) is 9.80 Å². The minimum Gasteiger partial charge on any atom is -0.508 e. The van der Waals surface area contributed by atoms with E-state index in [1.807, 2.05) is 24.8 Å². The summed E-state index contributed by atoms with van der Waals surface area (Å²) in [6.45, 7) is 16.9. The van der Waals surface area contributed by atoms with Crippen LogP contribution in [0.4, 0.5) is 11.5 Å². The zero-order valence-corrected chi connectivity index (χ0v) is 24.4. The van der Waals surface area contributed by atoms with Gasteiger partial charge in [0.15, 0.2) is 0 Å². The van der Waals surface area contributed by atoms with Gasteiger partial charge in [-0.2, -0.15) is 9.97 Å². The molecule has 0 bridgehead atoms. The first-order valence-electron chi connectivity index (χ1n) is 14.8. The summed E-state index contributed by atoms with van der Waals surface area (Å²) in [5, 5.41) is 20.5. The van der Waals surface area contributed by atoms with Crippen LogP contribution in [0.1, 0.15) is 31.5 Å². The number of aliphatic hydroxyl groups is 1. The molecule has 0 amide bonds. The first-order valence-corrected chi connectivity index (χ1v) is 14.8. The average molecular weight is 569 g/mol. The minimum atomic E-state index is -0.639. The van der Waals surface area contributed by atoms with E-state index in [1.165, 1.54) is 0 Å². The van der Waals surface area contributed by atoms with Gasteiger partial charge in [0.1, 0.15) is 23.5 Å². The highest BCUT2D eigenvalue weighted by molar-refractivity contribution is 5.63. The van der Waals surface area contributed by atoms with Crippen LogP contribution in [-0.2, 0) is 17.7 Å². The van der Waals surface area contributed by atoms with Crippen LogP contribution in [0.15, 0.2) is 30.9 Å². The highest BCUT2D eigenvalue weighted by atomic mass is 16.5. The fourth-order valence-electron chi connectivity index (χ4n) is 5.65. The van der Waals surface area contributed by atoms with Crippen LogP contribution in [0.25, 0.3) is 0 Å². The Bertz CT molecular complexity index is 1170. The van der Waals surface area contributed by atoms with E-state index in [-0.39, 0.29) is 11.9 Å². The molecule has 41 heavy (non-hydrogen) atoms. The lowest BCUT2D eigenvalue weighted by molar-refractivity contribution is 0.0356. The van der Waals surface area contributed by atoms with E-state index >= 15 is 0 Å². The summed E-state index contributed by atoms with van der Waals surface area (Å²) in [5.74, 6) is 1.86. The maximum atomic E-state index is 10.3. The van der Waals surface area contributed by atoms with Crippen molar-refractivity contribution in [2.75, 3.05) is 82.0 Å². The molecule has 4 heterocycles. The molecule has 1 unspecified atom stereocenters. The minimum absolute atomic E-state index is 0.0139. The Balaban J connectivity index is 1.36. The second-order valence-electron chi connectivity index (χ2n) is 11.1. The number of aromatic hydroxyl groups is 1. The van der Waals surface area contributed by atoms with E-state index in [9.17, 15) is 10.2 Å². The first kappa shape index (κ1) is 29.4. The fraction of sp³-hybridized carbons (Fsp3) is 0.600. The smallest absolute Gasteiger partial charge is 0.318 e. The Kier molecular flexibility index (Phi) is 9.81. The lowest BCUT2D eigenvalue weighted by atomic mass is 10.0. The maximum Gasteiger partial charge on any atom is 0.318 e. The van der Waals surface area contributed by atoms with Gasteiger partial charge in [-0.05, 0) is 44.9 Å². The number of hydrogen-bond acceptors (Lipinski definition) is 11. The third-order valence-electron chi connectivity index (χ3n) is 7.82. The van der Waals surface area contributed by atoms with Gasteiger partial charge in [-0.25, -0.2) is 0 Å². The number of aromatic nitrogens is 2. The van der Waals surface area contributed by atoms with Gasteiger partial charge in [-0.1, -0.05) is 6.58 Å². The van der Waals surface area contributed by atoms with Crippen molar-refractivity contribution in [3.8, 4) is 17.5 Å². The van der Waals surface area contributed by atoms with Gasteiger partial charge >= 0.3 is 6.01 Å². The van der Waals surface area contributed by atoms with Crippen molar-refractivity contribution in [3.05, 3.63) is 42.1 Å². The van der Waals surface area contributed by atoms with Crippen molar-refractivity contribution in [1.82, 2.24) is 19.8 Å². The topological polar surface area (TPSA) is 107 Å². The molecule has 2 fully saturated rings. The fourth-order valence-corrected chi connectivity index (χ4v) is 5.65. The molecule has 0 radical (unpaired) electrons. The van der Waals surface area contributed by atoms with Gasteiger partial charge < -0.3 is 34.2 Å². The average Bonchev–Trinajstić information content (AvgIpc) is 2.99. The third kappa shape index (κ3) is 7.40. The van der Waals surface area contributed by atoms with Crippen molar-refractivity contribution in [1.29, 1.82) is 0 Å². The van der Waals surface area contributed by atoms with E-state index < -0.39 is 6.23 Å². The van der Waals surface area contributed by atoms with Crippen molar-refractivity contribution in [2.45, 2.75) is 45.6 Å². The van der Waals surface area contributed by atoms with E-state index in [0.29, 0.717) is 32.3 Å². The lowest BCUT2D eigenvalue weighted by Gasteiger charge is -2.39. The van der Waals surface area contributed by atoms with E-state index in [4.69, 9.17) is 24.2 Å². The van der Waals surface area contributed by atoms with Crippen molar-refractivity contribution < 1.29 is 24.4 Å². The molecule has 0 saturated carbocycles. The molecule has 1 aromatic heterocycles. The Morgan fingerprint density at radius 1 is 1.05 bits per heavy atom. The molecule has 1 atom stereocenters. The van der Waals surface area contributed by atoms with Crippen LogP contribution in [0.5, 0.6) is 17.5 Å². The van der Waals surface area contributed by atoms with E-state index in [0.717, 1.165) is 93.8 Å². The standard InChI is InChI=1S/C30H44N6O5/c1-4-28(38)34-11-13-35(14-12-34)29-24-8-10-36(26-20-23(37)6-7-27(26)41-22(2)3)21-25(24)31-30(32-29)40-17-5-9-33-15-18-39-19-16-33/h4,6-7,20,22,28,37-38H,1,5,8-19,21H2,2-3H3. The number of piperazine rings is 1. The molecule has 1 aromatic carbocycles. The summed E-state index contributed by atoms with van der Waals surface area (Å²) < 4.78 is 17.7. The summed E-state index contributed by atoms with van der Waals surface area (Å²) in [5.41, 5.74) is 2.91. The summed E-state index contributed by atoms with van der Waals surface area (Å²) >= 11 is 0. The SMILES string of the molecule is C=CC(O)N1CCN(c2nc(OCCCN3CCOCC3)nc3c2CCN(c2cc(O)ccc2OC(C)C)C3)CC1. The lowest BCUT2D eigenvalue weighted by Crippen LogP contribution is -2.50. The number of morpholine rings is 1. The van der Waals surface area contributed by atoms with Crippen LogP contribution in [0.3, 0.4) is 0 Å². The van der Waals surface area contributed by atoms with Gasteiger partial charge in [0.05, 0.1) is 43.9 Å². The van der Waals surface area contributed by atoms with Gasteiger partial charge in [0.25, 0.3) is 0 Å². The monoisotopic (exact) mass is 568 g/mol. The molecule has 2 saturated heterocycles. The molecular weight excluding hydrogens is 524 g/mol. The number of aliphatic hydroxyl groups excluding tert-OH is 1. The van der Waals surface area contributed by atoms with Crippen molar-refractivity contribution >= 4 is 11.5 Å². The Labute approximate surface area is 242 Å². The molecule has 5 rings (SSSR count). The van der Waals surface area contributed by atoms with Crippen LogP contribution in [0.2, 0.25) is 0 Å². The Morgan fingerprint density at radius 3 is 2.56 bits per heavy atom. The van der Waals surface area contributed by atoms with Crippen LogP contribution in [0, 0.1) is 0 Å². The highest BCUT2D eigenvalue weighted by Gasteiger charge is 2.29. The zero-order chi connectivity index (χ0) is 28.8. The van der Waals surface area contributed by atoms with Crippen LogP contribution in [-0.4, -0.2) is 114 Å². The highest BCUT2D eigenvalue weighted by Crippen LogP contribution is 2.37. The normalized spacial score (nSPS) is 19.2. The number of ether oxygens (including phenoxy) is 3. The number of hydrogen-bond donors (Lipinski definition) is 2. The van der Waals surface area contributed by atoms with E-state index in [1.54, 1.807) is 18.2 Å². The summed E-state index contributed by atoms with van der Waals surface area (Å²) in [6.07, 6.45) is 2.59. The molecule has 0 aliphatic carbocycles. The number of phenols is 1. The largest absolute Gasteiger partial charge is 0.508 e. The van der Waals surface area contributed by atoms with Gasteiger partial charge in [0.2, 0.25) is 0 Å². The molecule has 2 aromatic rings. The van der Waals surface area contributed by atoms with Crippen LogP contribution < -0.4 is 19.3 Å². The molecule has 224 valence electrons. The summed E-state index contributed by atoms with van der Waals surface area (Å²) in [7, 11) is 0. The Hall–Kier alpha value is -3.12. The predicted octanol–water partition coefficient (Wildman–Crippen LogP) is 2.26. The van der Waals surface area contributed by atoms with Crippen LogP contribution >= 0.6 is 0 Å². The van der Waals surface area contributed by atoms with Crippen molar-refractivity contribution in [3.63, 3.8) is 0 Å². The Morgan fingerprint density at radius 2 is 1.83 bits per heavy atom. The second-order valence-corrected chi connectivity index (χ2v) is 11.1. The molecule has 2 N–H and O–H groups in total. The number of benzene rings is 1. The number of rotatable bonds is 11. The molecule has 11 heteroatoms. The van der Waals surface area contributed by atoms with E-state index in [2.05, 4.69) is 21.3 Å². The quantitative estimate of drug-likeness (QED) is 0.308. The number of anilines is 2.